The fourth-order valence-corrected chi connectivity index (χ4v) is 1.50. The predicted octanol–water partition coefficient (Wildman–Crippen LogP) is 1.32. The van der Waals surface area contributed by atoms with Gasteiger partial charge >= 0.3 is 0 Å². The fraction of sp³-hybridized carbons (Fsp3) is 0.273. The molecule has 0 atom stereocenters. The summed E-state index contributed by atoms with van der Waals surface area (Å²) < 4.78 is 27.6. The number of benzene rings is 1. The Morgan fingerprint density at radius 1 is 1.35 bits per heavy atom. The SMILES string of the molecule is CNCc1cn(Cc2ccc(F)cc2F)nn1. The van der Waals surface area contributed by atoms with E-state index in [1.165, 1.54) is 16.8 Å². The molecule has 1 aromatic heterocycles. The Morgan fingerprint density at radius 2 is 2.18 bits per heavy atom. The molecule has 0 aliphatic carbocycles. The predicted molar refractivity (Wildman–Crippen MR) is 58.2 cm³/mol. The molecule has 17 heavy (non-hydrogen) atoms. The van der Waals surface area contributed by atoms with Crippen LogP contribution in [-0.2, 0) is 13.1 Å². The van der Waals surface area contributed by atoms with Crippen molar-refractivity contribution in [3.63, 3.8) is 0 Å². The first kappa shape index (κ1) is 11.7. The lowest BCUT2D eigenvalue weighted by Crippen LogP contribution is -2.05. The highest BCUT2D eigenvalue weighted by Crippen LogP contribution is 2.10. The molecule has 0 spiro atoms. The average Bonchev–Trinajstić information content (AvgIpc) is 2.71. The number of aromatic nitrogens is 3. The lowest BCUT2D eigenvalue weighted by molar-refractivity contribution is 0.554. The molecule has 2 aromatic rings. The molecule has 0 bridgehead atoms. The standard InChI is InChI=1S/C11H12F2N4/c1-14-5-10-7-17(16-15-10)6-8-2-3-9(12)4-11(8)13/h2-4,7,14H,5-6H2,1H3. The second kappa shape index (κ2) is 5.01. The normalized spacial score (nSPS) is 10.8. The first-order chi connectivity index (χ1) is 8.19. The molecule has 0 amide bonds. The van der Waals surface area contributed by atoms with Gasteiger partial charge in [0.05, 0.1) is 18.4 Å². The summed E-state index contributed by atoms with van der Waals surface area (Å²) in [5.41, 5.74) is 1.15. The summed E-state index contributed by atoms with van der Waals surface area (Å²) in [6.45, 7) is 0.842. The number of rotatable bonds is 4. The van der Waals surface area contributed by atoms with Gasteiger partial charge in [0.25, 0.3) is 0 Å². The van der Waals surface area contributed by atoms with Crippen molar-refractivity contribution in [1.29, 1.82) is 0 Å². The van der Waals surface area contributed by atoms with Gasteiger partial charge in [0.2, 0.25) is 0 Å². The van der Waals surface area contributed by atoms with Crippen LogP contribution in [0.25, 0.3) is 0 Å². The summed E-state index contributed by atoms with van der Waals surface area (Å²) in [6.07, 6.45) is 1.72. The number of nitrogens with zero attached hydrogens (tertiary/aromatic N) is 3. The molecule has 90 valence electrons. The van der Waals surface area contributed by atoms with Crippen LogP contribution in [0, 0.1) is 11.6 Å². The van der Waals surface area contributed by atoms with Crippen molar-refractivity contribution in [2.45, 2.75) is 13.1 Å². The smallest absolute Gasteiger partial charge is 0.131 e. The van der Waals surface area contributed by atoms with Crippen LogP contribution in [0.3, 0.4) is 0 Å². The van der Waals surface area contributed by atoms with Gasteiger partial charge in [-0.3, -0.25) is 0 Å². The summed E-state index contributed by atoms with van der Waals surface area (Å²) in [4.78, 5) is 0. The van der Waals surface area contributed by atoms with Gasteiger partial charge in [-0.15, -0.1) is 5.10 Å². The molecule has 6 heteroatoms. The summed E-state index contributed by atoms with van der Waals surface area (Å²) >= 11 is 0. The molecule has 0 radical (unpaired) electrons. The van der Waals surface area contributed by atoms with Crippen molar-refractivity contribution in [3.8, 4) is 0 Å². The Bertz CT molecular complexity index is 510. The molecular weight excluding hydrogens is 226 g/mol. The molecule has 0 unspecified atom stereocenters. The number of hydrogen-bond donors (Lipinski definition) is 1. The first-order valence-electron chi connectivity index (χ1n) is 5.16. The molecule has 0 aliphatic heterocycles. The van der Waals surface area contributed by atoms with E-state index >= 15 is 0 Å². The van der Waals surface area contributed by atoms with Gasteiger partial charge in [-0.2, -0.15) is 0 Å². The third kappa shape index (κ3) is 2.85. The van der Waals surface area contributed by atoms with Crippen molar-refractivity contribution in [3.05, 3.63) is 47.3 Å². The third-order valence-electron chi connectivity index (χ3n) is 2.29. The second-order valence-corrected chi connectivity index (χ2v) is 3.67. The maximum atomic E-state index is 13.4. The topological polar surface area (TPSA) is 42.7 Å². The zero-order valence-electron chi connectivity index (χ0n) is 9.32. The molecule has 0 fully saturated rings. The lowest BCUT2D eigenvalue weighted by Gasteiger charge is -2.02. The van der Waals surface area contributed by atoms with E-state index in [-0.39, 0.29) is 6.54 Å². The highest BCUT2D eigenvalue weighted by Gasteiger charge is 2.06. The highest BCUT2D eigenvalue weighted by atomic mass is 19.1. The van der Waals surface area contributed by atoms with Gasteiger partial charge in [0, 0.05) is 18.2 Å². The molecule has 1 aromatic carbocycles. The van der Waals surface area contributed by atoms with Gasteiger partial charge in [0.15, 0.2) is 0 Å². The van der Waals surface area contributed by atoms with Crippen LogP contribution < -0.4 is 5.32 Å². The van der Waals surface area contributed by atoms with E-state index in [0.29, 0.717) is 12.1 Å². The Kier molecular flexibility index (Phi) is 3.43. The number of nitrogens with one attached hydrogen (secondary N) is 1. The highest BCUT2D eigenvalue weighted by molar-refractivity contribution is 5.18. The summed E-state index contributed by atoms with van der Waals surface area (Å²) in [5.74, 6) is -1.16. The van der Waals surface area contributed by atoms with Crippen LogP contribution in [0.1, 0.15) is 11.3 Å². The molecule has 0 saturated carbocycles. The van der Waals surface area contributed by atoms with E-state index < -0.39 is 11.6 Å². The van der Waals surface area contributed by atoms with E-state index in [1.807, 2.05) is 0 Å². The van der Waals surface area contributed by atoms with Gasteiger partial charge in [-0.25, -0.2) is 13.5 Å². The van der Waals surface area contributed by atoms with Crippen molar-refractivity contribution in [2.24, 2.45) is 0 Å². The maximum Gasteiger partial charge on any atom is 0.131 e. The van der Waals surface area contributed by atoms with Gasteiger partial charge in [0.1, 0.15) is 11.6 Å². The Hall–Kier alpha value is -1.82. The Balaban J connectivity index is 2.13. The van der Waals surface area contributed by atoms with E-state index in [1.54, 1.807) is 13.2 Å². The monoisotopic (exact) mass is 238 g/mol. The van der Waals surface area contributed by atoms with Crippen LogP contribution in [0.2, 0.25) is 0 Å². The zero-order chi connectivity index (χ0) is 12.3. The summed E-state index contributed by atoms with van der Waals surface area (Å²) in [6, 6.07) is 3.49. The Morgan fingerprint density at radius 3 is 2.88 bits per heavy atom. The third-order valence-corrected chi connectivity index (χ3v) is 2.29. The zero-order valence-corrected chi connectivity index (χ0v) is 9.32. The van der Waals surface area contributed by atoms with Crippen LogP contribution in [-0.4, -0.2) is 22.0 Å². The van der Waals surface area contributed by atoms with Gasteiger partial charge in [-0.05, 0) is 13.1 Å². The van der Waals surface area contributed by atoms with Gasteiger partial charge < -0.3 is 5.32 Å². The molecular formula is C11H12F2N4. The molecule has 1 N–H and O–H groups in total. The lowest BCUT2D eigenvalue weighted by atomic mass is 10.2. The van der Waals surface area contributed by atoms with Crippen molar-refractivity contribution < 1.29 is 8.78 Å². The Labute approximate surface area is 97.3 Å². The molecule has 0 saturated heterocycles. The summed E-state index contributed by atoms with van der Waals surface area (Å²) in [7, 11) is 1.80. The molecule has 0 aliphatic rings. The largest absolute Gasteiger partial charge is 0.314 e. The minimum atomic E-state index is -0.583. The van der Waals surface area contributed by atoms with Crippen molar-refractivity contribution in [2.75, 3.05) is 7.05 Å². The number of halogens is 2. The van der Waals surface area contributed by atoms with Crippen LogP contribution in [0.15, 0.2) is 24.4 Å². The summed E-state index contributed by atoms with van der Waals surface area (Å²) in [5, 5.41) is 10.7. The van der Waals surface area contributed by atoms with Crippen LogP contribution >= 0.6 is 0 Å². The second-order valence-electron chi connectivity index (χ2n) is 3.67. The maximum absolute atomic E-state index is 13.4. The number of hydrogen-bond acceptors (Lipinski definition) is 3. The van der Waals surface area contributed by atoms with Crippen LogP contribution in [0.4, 0.5) is 8.78 Å². The minimum absolute atomic E-state index is 0.239. The van der Waals surface area contributed by atoms with E-state index in [4.69, 9.17) is 0 Å². The first-order valence-corrected chi connectivity index (χ1v) is 5.16. The van der Waals surface area contributed by atoms with Gasteiger partial charge in [-0.1, -0.05) is 11.3 Å². The molecule has 1 heterocycles. The van der Waals surface area contributed by atoms with E-state index in [9.17, 15) is 8.78 Å². The molecule has 4 nitrogen and oxygen atoms in total. The fourth-order valence-electron chi connectivity index (χ4n) is 1.50. The van der Waals surface area contributed by atoms with Crippen LogP contribution in [0.5, 0.6) is 0 Å². The molecule has 2 rings (SSSR count). The van der Waals surface area contributed by atoms with E-state index in [0.717, 1.165) is 11.8 Å². The van der Waals surface area contributed by atoms with Crippen molar-refractivity contribution >= 4 is 0 Å². The van der Waals surface area contributed by atoms with E-state index in [2.05, 4.69) is 15.6 Å². The minimum Gasteiger partial charge on any atom is -0.314 e. The van der Waals surface area contributed by atoms with Crippen molar-refractivity contribution in [1.82, 2.24) is 20.3 Å². The quantitative estimate of drug-likeness (QED) is 0.873. The average molecular weight is 238 g/mol.